The number of hydrogen-bond acceptors (Lipinski definition) is 7. The third kappa shape index (κ3) is 4.01. The summed E-state index contributed by atoms with van der Waals surface area (Å²) < 4.78 is 6.89. The number of ether oxygens (including phenoxy) is 1. The van der Waals surface area contributed by atoms with Gasteiger partial charge in [-0.15, -0.1) is 11.3 Å². The van der Waals surface area contributed by atoms with Crippen molar-refractivity contribution in [3.05, 3.63) is 81.7 Å². The van der Waals surface area contributed by atoms with Crippen LogP contribution in [-0.4, -0.2) is 33.5 Å². The molecule has 0 saturated heterocycles. The predicted octanol–water partition coefficient (Wildman–Crippen LogP) is 5.19. The van der Waals surface area contributed by atoms with E-state index in [1.165, 1.54) is 18.4 Å². The maximum Gasteiger partial charge on any atom is 0.341 e. The molecule has 2 aromatic carbocycles. The van der Waals surface area contributed by atoms with Crippen LogP contribution in [-0.2, 0) is 24.1 Å². The van der Waals surface area contributed by atoms with Crippen LogP contribution in [0.4, 0.5) is 10.8 Å². The van der Waals surface area contributed by atoms with Gasteiger partial charge in [-0.1, -0.05) is 42.5 Å². The topological polar surface area (TPSA) is 112 Å². The number of aromatic nitrogens is 3. The van der Waals surface area contributed by atoms with Crippen LogP contribution in [0.1, 0.15) is 49.6 Å². The highest BCUT2D eigenvalue weighted by Gasteiger charge is 2.30. The van der Waals surface area contributed by atoms with Gasteiger partial charge in [-0.2, -0.15) is 0 Å². The SMILES string of the molecule is COC(=O)c1c(NC(=O)c2c(N)n(Cc3ccccc3)c3nc4ccccc4nc23)sc2c1CCCC2. The Labute approximate surface area is 217 Å². The van der Waals surface area contributed by atoms with Crippen LogP contribution in [0, 0.1) is 0 Å². The summed E-state index contributed by atoms with van der Waals surface area (Å²) in [6.45, 7) is 0.435. The fraction of sp³-hybridized carbons (Fsp3) is 0.214. The van der Waals surface area contributed by atoms with Gasteiger partial charge < -0.3 is 20.4 Å². The van der Waals surface area contributed by atoms with Gasteiger partial charge in [0.05, 0.1) is 30.3 Å². The first-order valence-corrected chi connectivity index (χ1v) is 13.0. The van der Waals surface area contributed by atoms with Crippen LogP contribution >= 0.6 is 11.3 Å². The number of anilines is 2. The molecule has 0 spiro atoms. The van der Waals surface area contributed by atoms with E-state index in [2.05, 4.69) is 5.32 Å². The number of benzene rings is 2. The number of thiophene rings is 1. The zero-order valence-electron chi connectivity index (χ0n) is 20.3. The van der Waals surface area contributed by atoms with Gasteiger partial charge in [-0.25, -0.2) is 14.8 Å². The molecule has 0 unspecified atom stereocenters. The minimum atomic E-state index is -0.444. The van der Waals surface area contributed by atoms with E-state index < -0.39 is 11.9 Å². The van der Waals surface area contributed by atoms with E-state index in [1.54, 1.807) is 0 Å². The van der Waals surface area contributed by atoms with E-state index in [4.69, 9.17) is 20.4 Å². The number of amides is 1. The largest absolute Gasteiger partial charge is 0.465 e. The van der Waals surface area contributed by atoms with Crippen LogP contribution < -0.4 is 11.1 Å². The standard InChI is InChI=1S/C28H25N5O3S/c1-36-28(35)21-17-11-5-8-14-20(17)37-27(21)32-26(34)22-23-25(31-19-13-7-6-12-18(19)30-23)33(24(22)29)15-16-9-3-2-4-10-16/h2-4,6-7,9-10,12-13H,5,8,11,14-15,29H2,1H3,(H,32,34). The quantitative estimate of drug-likeness (QED) is 0.314. The third-order valence-electron chi connectivity index (χ3n) is 6.79. The van der Waals surface area contributed by atoms with Crippen LogP contribution in [0.15, 0.2) is 54.6 Å². The van der Waals surface area contributed by atoms with Gasteiger partial charge in [-0.05, 0) is 48.9 Å². The molecule has 0 fully saturated rings. The average molecular weight is 512 g/mol. The molecule has 1 amide bonds. The van der Waals surface area contributed by atoms with Crippen molar-refractivity contribution >= 4 is 56.2 Å². The van der Waals surface area contributed by atoms with Gasteiger partial charge in [0, 0.05) is 4.88 Å². The van der Waals surface area contributed by atoms with Gasteiger partial charge in [0.15, 0.2) is 5.65 Å². The summed E-state index contributed by atoms with van der Waals surface area (Å²) >= 11 is 1.44. The predicted molar refractivity (Wildman–Crippen MR) is 145 cm³/mol. The van der Waals surface area contributed by atoms with Crippen molar-refractivity contribution < 1.29 is 14.3 Å². The Morgan fingerprint density at radius 2 is 1.70 bits per heavy atom. The number of aryl methyl sites for hydroxylation is 1. The molecule has 3 aromatic heterocycles. The number of carbonyl (C=O) groups is 2. The summed E-state index contributed by atoms with van der Waals surface area (Å²) in [7, 11) is 1.36. The van der Waals surface area contributed by atoms with Crippen molar-refractivity contribution in [1.82, 2.24) is 14.5 Å². The Bertz CT molecular complexity index is 1670. The summed E-state index contributed by atoms with van der Waals surface area (Å²) in [6.07, 6.45) is 3.74. The molecule has 9 heteroatoms. The van der Waals surface area contributed by atoms with E-state index in [1.807, 2.05) is 59.2 Å². The molecule has 0 atom stereocenters. The molecule has 3 N–H and O–H groups in total. The normalized spacial score (nSPS) is 13.0. The second kappa shape index (κ2) is 9.33. The Balaban J connectivity index is 1.49. The molecule has 37 heavy (non-hydrogen) atoms. The lowest BCUT2D eigenvalue weighted by molar-refractivity contribution is 0.0601. The Hall–Kier alpha value is -4.24. The number of esters is 1. The number of rotatable bonds is 5. The number of nitrogens with two attached hydrogens (primary N) is 1. The fourth-order valence-corrected chi connectivity index (χ4v) is 6.28. The molecule has 6 rings (SSSR count). The number of para-hydroxylation sites is 2. The fourth-order valence-electron chi connectivity index (χ4n) is 5.00. The van der Waals surface area contributed by atoms with Crippen LogP contribution in [0.2, 0.25) is 0 Å². The summed E-state index contributed by atoms with van der Waals surface area (Å²) in [4.78, 5) is 37.2. The maximum absolute atomic E-state index is 13.8. The molecule has 0 aliphatic heterocycles. The van der Waals surface area contributed by atoms with Crippen molar-refractivity contribution in [1.29, 1.82) is 0 Å². The lowest BCUT2D eigenvalue weighted by Gasteiger charge is -2.11. The molecule has 5 aromatic rings. The smallest absolute Gasteiger partial charge is 0.341 e. The first kappa shape index (κ1) is 23.2. The molecule has 0 saturated carbocycles. The third-order valence-corrected chi connectivity index (χ3v) is 8.00. The zero-order valence-corrected chi connectivity index (χ0v) is 21.1. The summed E-state index contributed by atoms with van der Waals surface area (Å²) in [5.74, 6) is -0.602. The van der Waals surface area contributed by atoms with Crippen LogP contribution in [0.5, 0.6) is 0 Å². The number of nitrogens with one attached hydrogen (secondary N) is 1. The van der Waals surface area contributed by atoms with E-state index in [0.29, 0.717) is 39.3 Å². The first-order valence-electron chi connectivity index (χ1n) is 12.2. The van der Waals surface area contributed by atoms with Crippen LogP contribution in [0.3, 0.4) is 0 Å². The van der Waals surface area contributed by atoms with Crippen molar-refractivity contribution in [2.45, 2.75) is 32.2 Å². The Morgan fingerprint density at radius 3 is 2.46 bits per heavy atom. The average Bonchev–Trinajstić information content (AvgIpc) is 3.41. The molecule has 0 radical (unpaired) electrons. The van der Waals surface area contributed by atoms with Crippen molar-refractivity contribution in [3.8, 4) is 0 Å². The minimum absolute atomic E-state index is 0.242. The summed E-state index contributed by atoms with van der Waals surface area (Å²) in [5, 5.41) is 3.46. The highest BCUT2D eigenvalue weighted by atomic mass is 32.1. The molecule has 0 bridgehead atoms. The van der Waals surface area contributed by atoms with Gasteiger partial charge in [-0.3, -0.25) is 4.79 Å². The second-order valence-corrected chi connectivity index (χ2v) is 10.2. The van der Waals surface area contributed by atoms with Gasteiger partial charge in [0.25, 0.3) is 5.91 Å². The van der Waals surface area contributed by atoms with E-state index in [-0.39, 0.29) is 11.4 Å². The molecule has 8 nitrogen and oxygen atoms in total. The summed E-state index contributed by atoms with van der Waals surface area (Å²) in [5.41, 5.74) is 11.7. The van der Waals surface area contributed by atoms with Gasteiger partial charge >= 0.3 is 5.97 Å². The van der Waals surface area contributed by atoms with Crippen molar-refractivity contribution in [3.63, 3.8) is 0 Å². The van der Waals surface area contributed by atoms with E-state index in [0.717, 1.165) is 41.7 Å². The van der Waals surface area contributed by atoms with Gasteiger partial charge in [0.2, 0.25) is 0 Å². The lowest BCUT2D eigenvalue weighted by atomic mass is 9.95. The molecule has 3 heterocycles. The molecule has 1 aliphatic rings. The highest BCUT2D eigenvalue weighted by molar-refractivity contribution is 7.17. The second-order valence-electron chi connectivity index (χ2n) is 9.08. The molecule has 1 aliphatic carbocycles. The maximum atomic E-state index is 13.8. The number of methoxy groups -OCH3 is 1. The number of hydrogen-bond donors (Lipinski definition) is 2. The van der Waals surface area contributed by atoms with Crippen molar-refractivity contribution in [2.24, 2.45) is 0 Å². The number of carbonyl (C=O) groups excluding carboxylic acids is 2. The number of fused-ring (bicyclic) bond motifs is 3. The lowest BCUT2D eigenvalue weighted by Crippen LogP contribution is -2.17. The number of nitrogen functional groups attached to an aromatic ring is 1. The Morgan fingerprint density at radius 1 is 1.00 bits per heavy atom. The van der Waals surface area contributed by atoms with E-state index >= 15 is 0 Å². The van der Waals surface area contributed by atoms with Gasteiger partial charge in [0.1, 0.15) is 21.9 Å². The molecular formula is C28H25N5O3S. The minimum Gasteiger partial charge on any atom is -0.465 e. The van der Waals surface area contributed by atoms with Crippen molar-refractivity contribution in [2.75, 3.05) is 18.2 Å². The summed E-state index contributed by atoms with van der Waals surface area (Å²) in [6, 6.07) is 17.4. The molecule has 186 valence electrons. The highest BCUT2D eigenvalue weighted by Crippen LogP contribution is 2.39. The monoisotopic (exact) mass is 511 g/mol. The first-order chi connectivity index (χ1) is 18.0. The van der Waals surface area contributed by atoms with E-state index in [9.17, 15) is 9.59 Å². The number of nitrogens with zero attached hydrogens (tertiary/aromatic N) is 3. The molecular weight excluding hydrogens is 486 g/mol. The Kier molecular flexibility index (Phi) is 5.84. The zero-order chi connectivity index (χ0) is 25.5. The van der Waals surface area contributed by atoms with Crippen LogP contribution in [0.25, 0.3) is 22.2 Å².